The van der Waals surface area contributed by atoms with Gasteiger partial charge in [-0.2, -0.15) is 0 Å². The van der Waals surface area contributed by atoms with Crippen molar-refractivity contribution in [3.8, 4) is 5.88 Å². The maximum Gasteiger partial charge on any atom is 0.310 e. The number of aromatic nitrogens is 1. The summed E-state index contributed by atoms with van der Waals surface area (Å²) in [6.45, 7) is 2.91. The first-order chi connectivity index (χ1) is 11.2. The molecule has 0 fully saturated rings. The Labute approximate surface area is 138 Å². The molecule has 0 radical (unpaired) electrons. The second-order valence-corrected chi connectivity index (χ2v) is 7.14. The number of hydrogen-bond acceptors (Lipinski definition) is 5. The average molecular weight is 351 g/mol. The number of aliphatic carboxylic acids is 1. The van der Waals surface area contributed by atoms with Gasteiger partial charge in [-0.15, -0.1) is 0 Å². The highest BCUT2D eigenvalue weighted by molar-refractivity contribution is 7.91. The third-order valence-electron chi connectivity index (χ3n) is 3.77. The van der Waals surface area contributed by atoms with Crippen molar-refractivity contribution in [3.05, 3.63) is 51.8 Å². The van der Waals surface area contributed by atoms with Gasteiger partial charge in [-0.25, -0.2) is 8.42 Å². The molecule has 0 aliphatic carbocycles. The second kappa shape index (κ2) is 6.48. The number of benzene rings is 1. The van der Waals surface area contributed by atoms with Crippen LogP contribution >= 0.6 is 0 Å². The van der Waals surface area contributed by atoms with Crippen LogP contribution in [0.1, 0.15) is 30.9 Å². The van der Waals surface area contributed by atoms with Gasteiger partial charge >= 0.3 is 5.97 Å². The summed E-state index contributed by atoms with van der Waals surface area (Å²) >= 11 is 0. The number of hydrogen-bond donors (Lipinski definition) is 3. The maximum absolute atomic E-state index is 12.8. The van der Waals surface area contributed by atoms with Gasteiger partial charge in [-0.05, 0) is 31.0 Å². The summed E-state index contributed by atoms with van der Waals surface area (Å²) in [5, 5.41) is 19.2. The summed E-state index contributed by atoms with van der Waals surface area (Å²) in [6.07, 6.45) is 0.0752. The maximum atomic E-state index is 12.8. The average Bonchev–Trinajstić information content (AvgIpc) is 2.53. The standard InChI is InChI=1S/C16H17NO6S/c1-3-11-12(9(2)16(20)21)14(18)17-15(19)13(11)24(22,23)10-7-5-4-6-8-10/h4-9H,3H2,1-2H3,(H,20,21)(H2,17,18,19). The number of carboxylic acids is 1. The lowest BCUT2D eigenvalue weighted by molar-refractivity contribution is -0.138. The minimum atomic E-state index is -4.16. The molecule has 0 aliphatic rings. The summed E-state index contributed by atoms with van der Waals surface area (Å²) < 4.78 is 25.7. The predicted octanol–water partition coefficient (Wildman–Crippen LogP) is 1.66. The third kappa shape index (κ3) is 2.92. The number of aromatic amines is 1. The van der Waals surface area contributed by atoms with Crippen LogP contribution in [0.4, 0.5) is 0 Å². The SMILES string of the molecule is CCc1c(C(C)C(=O)O)c(O)[nH]c(=O)c1S(=O)(=O)c1ccccc1. The Bertz CT molecular complexity index is 931. The molecule has 7 nitrogen and oxygen atoms in total. The van der Waals surface area contributed by atoms with Gasteiger partial charge in [0.1, 0.15) is 4.90 Å². The van der Waals surface area contributed by atoms with E-state index in [1.165, 1.54) is 31.2 Å². The van der Waals surface area contributed by atoms with Gasteiger partial charge in [0, 0.05) is 5.56 Å². The monoisotopic (exact) mass is 351 g/mol. The molecule has 8 heteroatoms. The van der Waals surface area contributed by atoms with E-state index in [1.807, 2.05) is 0 Å². The van der Waals surface area contributed by atoms with E-state index in [4.69, 9.17) is 0 Å². The Morgan fingerprint density at radius 1 is 1.25 bits per heavy atom. The zero-order valence-electron chi connectivity index (χ0n) is 13.1. The van der Waals surface area contributed by atoms with E-state index < -0.39 is 38.1 Å². The van der Waals surface area contributed by atoms with Crippen molar-refractivity contribution in [2.24, 2.45) is 0 Å². The molecule has 0 saturated carbocycles. The van der Waals surface area contributed by atoms with Crippen molar-refractivity contribution >= 4 is 15.8 Å². The summed E-state index contributed by atoms with van der Waals surface area (Å²) in [5.41, 5.74) is -1.07. The van der Waals surface area contributed by atoms with E-state index in [0.717, 1.165) is 0 Å². The van der Waals surface area contributed by atoms with Gasteiger partial charge in [-0.3, -0.25) is 14.6 Å². The van der Waals surface area contributed by atoms with E-state index >= 15 is 0 Å². The van der Waals surface area contributed by atoms with Crippen LogP contribution in [0.2, 0.25) is 0 Å². The van der Waals surface area contributed by atoms with Crippen molar-refractivity contribution < 1.29 is 23.4 Å². The quantitative estimate of drug-likeness (QED) is 0.752. The van der Waals surface area contributed by atoms with Crippen LogP contribution in [0.25, 0.3) is 0 Å². The first kappa shape index (κ1) is 17.7. The topological polar surface area (TPSA) is 125 Å². The Hall–Kier alpha value is -2.61. The van der Waals surface area contributed by atoms with Crippen molar-refractivity contribution in [2.45, 2.75) is 36.0 Å². The van der Waals surface area contributed by atoms with Gasteiger partial charge in [0.15, 0.2) is 5.88 Å². The fraction of sp³-hybridized carbons (Fsp3) is 0.250. The van der Waals surface area contributed by atoms with Crippen LogP contribution in [0, 0.1) is 0 Å². The molecule has 3 N–H and O–H groups in total. The normalized spacial score (nSPS) is 12.8. The molecular formula is C16H17NO6S. The highest BCUT2D eigenvalue weighted by atomic mass is 32.2. The van der Waals surface area contributed by atoms with Crippen molar-refractivity contribution in [3.63, 3.8) is 0 Å². The summed E-state index contributed by atoms with van der Waals surface area (Å²) in [6, 6.07) is 7.38. The molecule has 1 heterocycles. The van der Waals surface area contributed by atoms with E-state index in [2.05, 4.69) is 4.98 Å². The van der Waals surface area contributed by atoms with Gasteiger partial charge in [0.05, 0.1) is 10.8 Å². The molecule has 0 spiro atoms. The van der Waals surface area contributed by atoms with Crippen molar-refractivity contribution in [1.29, 1.82) is 0 Å². The minimum absolute atomic E-state index is 0.00926. The fourth-order valence-corrected chi connectivity index (χ4v) is 4.20. The van der Waals surface area contributed by atoms with Crippen molar-refractivity contribution in [2.75, 3.05) is 0 Å². The Morgan fingerprint density at radius 3 is 2.33 bits per heavy atom. The minimum Gasteiger partial charge on any atom is -0.494 e. The number of sulfone groups is 1. The molecule has 1 aromatic heterocycles. The van der Waals surface area contributed by atoms with Crippen LogP contribution in [0.15, 0.2) is 44.9 Å². The van der Waals surface area contributed by atoms with Gasteiger partial charge < -0.3 is 10.2 Å². The molecule has 0 aliphatic heterocycles. The smallest absolute Gasteiger partial charge is 0.310 e. The predicted molar refractivity (Wildman–Crippen MR) is 86.1 cm³/mol. The zero-order valence-corrected chi connectivity index (χ0v) is 13.9. The molecule has 2 rings (SSSR count). The molecule has 0 amide bonds. The lowest BCUT2D eigenvalue weighted by Gasteiger charge is -2.17. The summed E-state index contributed by atoms with van der Waals surface area (Å²) in [4.78, 5) is 25.0. The number of nitrogens with one attached hydrogen (secondary N) is 1. The number of pyridine rings is 1. The number of carboxylic acid groups (broad SMARTS) is 1. The largest absolute Gasteiger partial charge is 0.494 e. The first-order valence-corrected chi connectivity index (χ1v) is 8.71. The first-order valence-electron chi connectivity index (χ1n) is 7.22. The number of H-pyrrole nitrogens is 1. The lowest BCUT2D eigenvalue weighted by Crippen LogP contribution is -2.24. The third-order valence-corrected chi connectivity index (χ3v) is 5.63. The van der Waals surface area contributed by atoms with Crippen LogP contribution in [0.3, 0.4) is 0 Å². The van der Waals surface area contributed by atoms with Crippen LogP contribution in [0.5, 0.6) is 5.88 Å². The van der Waals surface area contributed by atoms with Crippen molar-refractivity contribution in [1.82, 2.24) is 4.98 Å². The Balaban J connectivity index is 2.88. The second-order valence-electron chi connectivity index (χ2n) is 5.25. The lowest BCUT2D eigenvalue weighted by atomic mass is 9.95. The van der Waals surface area contributed by atoms with E-state index in [9.17, 15) is 28.2 Å². The Morgan fingerprint density at radius 2 is 1.83 bits per heavy atom. The van der Waals surface area contributed by atoms with E-state index in [-0.39, 0.29) is 22.4 Å². The molecular weight excluding hydrogens is 334 g/mol. The highest BCUT2D eigenvalue weighted by Crippen LogP contribution is 2.32. The molecule has 128 valence electrons. The summed E-state index contributed by atoms with van der Waals surface area (Å²) in [7, 11) is -4.16. The number of rotatable bonds is 5. The molecule has 1 unspecified atom stereocenters. The zero-order chi connectivity index (χ0) is 18.1. The fourth-order valence-electron chi connectivity index (χ4n) is 2.58. The molecule has 1 aromatic carbocycles. The molecule has 24 heavy (non-hydrogen) atoms. The van der Waals surface area contributed by atoms with E-state index in [0.29, 0.717) is 0 Å². The molecule has 0 saturated heterocycles. The number of carbonyl (C=O) groups is 1. The molecule has 2 aromatic rings. The molecule has 0 bridgehead atoms. The Kier molecular flexibility index (Phi) is 4.79. The highest BCUT2D eigenvalue weighted by Gasteiger charge is 2.31. The summed E-state index contributed by atoms with van der Waals surface area (Å²) in [5.74, 6) is -3.05. The van der Waals surface area contributed by atoms with Crippen LogP contribution < -0.4 is 5.56 Å². The van der Waals surface area contributed by atoms with Gasteiger partial charge in [-0.1, -0.05) is 25.1 Å². The molecule has 1 atom stereocenters. The van der Waals surface area contributed by atoms with Crippen LogP contribution in [-0.4, -0.2) is 29.6 Å². The van der Waals surface area contributed by atoms with E-state index in [1.54, 1.807) is 13.0 Å². The van der Waals surface area contributed by atoms with Gasteiger partial charge in [0.25, 0.3) is 5.56 Å². The van der Waals surface area contributed by atoms with Gasteiger partial charge in [0.2, 0.25) is 9.84 Å². The number of aromatic hydroxyl groups is 1. The van der Waals surface area contributed by atoms with Crippen LogP contribution in [-0.2, 0) is 21.1 Å².